The van der Waals surface area contributed by atoms with Crippen molar-refractivity contribution in [1.82, 2.24) is 9.88 Å². The van der Waals surface area contributed by atoms with Crippen LogP contribution in [0.2, 0.25) is 0 Å². The smallest absolute Gasteiger partial charge is 0.139 e. The average Bonchev–Trinajstić information content (AvgIpc) is 3.41. The fourth-order valence-corrected chi connectivity index (χ4v) is 5.68. The molecule has 6 aromatic rings. The van der Waals surface area contributed by atoms with Crippen molar-refractivity contribution in [2.45, 2.75) is 19.6 Å². The fraction of sp³-hybridized carbons (Fsp3) is 0.0938. The molecule has 6 rings (SSSR count). The number of thiophene rings is 1. The molecule has 37 heavy (non-hydrogen) atoms. The van der Waals surface area contributed by atoms with E-state index in [4.69, 9.17) is 4.98 Å². The number of anilines is 2. The second-order valence-corrected chi connectivity index (χ2v) is 10.1. The van der Waals surface area contributed by atoms with Crippen LogP contribution in [0.25, 0.3) is 21.0 Å². The van der Waals surface area contributed by atoms with E-state index in [2.05, 4.69) is 101 Å². The van der Waals surface area contributed by atoms with E-state index in [-0.39, 0.29) is 5.82 Å². The van der Waals surface area contributed by atoms with Gasteiger partial charge in [0.25, 0.3) is 0 Å². The Kier molecular flexibility index (Phi) is 6.63. The van der Waals surface area contributed by atoms with Crippen molar-refractivity contribution in [1.29, 1.82) is 0 Å². The van der Waals surface area contributed by atoms with Crippen molar-refractivity contribution in [3.63, 3.8) is 0 Å². The summed E-state index contributed by atoms with van der Waals surface area (Å²) in [6, 6.07) is 36.4. The van der Waals surface area contributed by atoms with E-state index >= 15 is 0 Å². The maximum absolute atomic E-state index is 13.8. The lowest BCUT2D eigenvalue weighted by Crippen LogP contribution is -2.22. The lowest BCUT2D eigenvalue weighted by Gasteiger charge is -2.23. The van der Waals surface area contributed by atoms with Crippen LogP contribution in [-0.2, 0) is 19.6 Å². The Balaban J connectivity index is 1.34. The Morgan fingerprint density at radius 2 is 1.38 bits per heavy atom. The van der Waals surface area contributed by atoms with Gasteiger partial charge in [-0.1, -0.05) is 78.9 Å². The third-order valence-corrected chi connectivity index (χ3v) is 7.40. The van der Waals surface area contributed by atoms with Gasteiger partial charge in [-0.2, -0.15) is 0 Å². The lowest BCUT2D eigenvalue weighted by atomic mass is 10.1. The minimum absolute atomic E-state index is 0.272. The Morgan fingerprint density at radius 1 is 0.676 bits per heavy atom. The molecule has 0 bridgehead atoms. The molecule has 0 fully saturated rings. The third kappa shape index (κ3) is 5.38. The number of nitrogens with one attached hydrogen (secondary N) is 1. The third-order valence-electron chi connectivity index (χ3n) is 6.45. The summed E-state index contributed by atoms with van der Waals surface area (Å²) >= 11 is 1.70. The molecule has 2 aromatic heterocycles. The van der Waals surface area contributed by atoms with Crippen molar-refractivity contribution in [3.05, 3.63) is 137 Å². The summed E-state index contributed by atoms with van der Waals surface area (Å²) in [6.45, 7) is 2.52. The Hall–Kier alpha value is -4.06. The van der Waals surface area contributed by atoms with Crippen LogP contribution in [0.15, 0.2) is 115 Å². The fourth-order valence-electron chi connectivity index (χ4n) is 4.75. The summed E-state index contributed by atoms with van der Waals surface area (Å²) in [5.74, 6) is 0.475. The van der Waals surface area contributed by atoms with Crippen LogP contribution < -0.4 is 5.32 Å². The Morgan fingerprint density at radius 3 is 2.08 bits per heavy atom. The van der Waals surface area contributed by atoms with Crippen LogP contribution in [0.5, 0.6) is 0 Å². The minimum Gasteiger partial charge on any atom is -0.340 e. The highest BCUT2D eigenvalue weighted by Gasteiger charge is 2.13. The number of fused-ring (bicyclic) bond motifs is 3. The topological polar surface area (TPSA) is 28.2 Å². The van der Waals surface area contributed by atoms with Gasteiger partial charge in [0.05, 0.1) is 5.52 Å². The Labute approximate surface area is 219 Å². The van der Waals surface area contributed by atoms with Crippen LogP contribution in [0.3, 0.4) is 0 Å². The molecule has 0 spiro atoms. The van der Waals surface area contributed by atoms with Crippen molar-refractivity contribution >= 4 is 43.8 Å². The predicted molar refractivity (Wildman–Crippen MR) is 153 cm³/mol. The first-order valence-electron chi connectivity index (χ1n) is 12.3. The standard InChI is InChI=1S/C32H26FN3S/c33-26-12-7-13-27(19-26)34-32-29-16-17-37-31(29)28-15-14-25(18-30(28)35-32)22-36(20-23-8-3-1-4-9-23)21-24-10-5-2-6-11-24/h1-19H,20-22H2,(H,34,35). The van der Waals surface area contributed by atoms with Gasteiger partial charge in [0.1, 0.15) is 11.6 Å². The molecule has 0 unspecified atom stereocenters. The summed E-state index contributed by atoms with van der Waals surface area (Å²) in [6.07, 6.45) is 0. The number of hydrogen-bond donors (Lipinski definition) is 1. The van der Waals surface area contributed by atoms with Crippen molar-refractivity contribution in [2.75, 3.05) is 5.32 Å². The van der Waals surface area contributed by atoms with Crippen molar-refractivity contribution < 1.29 is 4.39 Å². The Bertz CT molecular complexity index is 1610. The second-order valence-electron chi connectivity index (χ2n) is 9.23. The van der Waals surface area contributed by atoms with E-state index in [0.717, 1.165) is 41.7 Å². The number of pyridine rings is 1. The van der Waals surface area contributed by atoms with Crippen LogP contribution in [0.1, 0.15) is 16.7 Å². The molecule has 2 heterocycles. The number of hydrogen-bond acceptors (Lipinski definition) is 4. The van der Waals surface area contributed by atoms with Gasteiger partial charge < -0.3 is 5.32 Å². The van der Waals surface area contributed by atoms with E-state index in [1.54, 1.807) is 17.4 Å². The molecule has 0 saturated heterocycles. The van der Waals surface area contributed by atoms with Crippen molar-refractivity contribution in [2.24, 2.45) is 0 Å². The highest BCUT2D eigenvalue weighted by molar-refractivity contribution is 7.18. The molecule has 0 aliphatic carbocycles. The summed E-state index contributed by atoms with van der Waals surface area (Å²) < 4.78 is 15.0. The molecule has 0 aliphatic heterocycles. The molecule has 182 valence electrons. The SMILES string of the molecule is Fc1cccc(Nc2nc3cc(CN(Cc4ccccc4)Cc4ccccc4)ccc3c3sccc23)c1. The second kappa shape index (κ2) is 10.5. The van der Waals surface area contributed by atoms with Crippen LogP contribution in [0.4, 0.5) is 15.9 Å². The summed E-state index contributed by atoms with van der Waals surface area (Å²) in [5, 5.41) is 7.60. The van der Waals surface area contributed by atoms with Gasteiger partial charge in [-0.05, 0) is 52.4 Å². The van der Waals surface area contributed by atoms with E-state index < -0.39 is 0 Å². The highest BCUT2D eigenvalue weighted by Crippen LogP contribution is 2.35. The quantitative estimate of drug-likeness (QED) is 0.226. The van der Waals surface area contributed by atoms with Crippen LogP contribution in [-0.4, -0.2) is 9.88 Å². The van der Waals surface area contributed by atoms with Gasteiger partial charge in [0.15, 0.2) is 0 Å². The minimum atomic E-state index is -0.272. The van der Waals surface area contributed by atoms with Gasteiger partial charge in [-0.25, -0.2) is 9.37 Å². The monoisotopic (exact) mass is 503 g/mol. The van der Waals surface area contributed by atoms with E-state index in [1.165, 1.54) is 33.5 Å². The first-order valence-corrected chi connectivity index (χ1v) is 13.2. The normalized spacial score (nSPS) is 11.4. The highest BCUT2D eigenvalue weighted by atomic mass is 32.1. The molecule has 5 heteroatoms. The molecular weight excluding hydrogens is 477 g/mol. The number of nitrogens with zero attached hydrogens (tertiary/aromatic N) is 2. The molecule has 3 nitrogen and oxygen atoms in total. The van der Waals surface area contributed by atoms with Gasteiger partial charge in [0, 0.05) is 40.8 Å². The number of aromatic nitrogens is 1. The van der Waals surface area contributed by atoms with E-state index in [1.807, 2.05) is 6.07 Å². The number of benzene rings is 4. The molecule has 0 atom stereocenters. The van der Waals surface area contributed by atoms with Gasteiger partial charge in [-0.15, -0.1) is 11.3 Å². The van der Waals surface area contributed by atoms with Gasteiger partial charge in [-0.3, -0.25) is 4.90 Å². The van der Waals surface area contributed by atoms with Crippen LogP contribution >= 0.6 is 11.3 Å². The van der Waals surface area contributed by atoms with E-state index in [9.17, 15) is 4.39 Å². The molecule has 0 radical (unpaired) electrons. The zero-order valence-corrected chi connectivity index (χ0v) is 21.1. The first-order chi connectivity index (χ1) is 18.2. The molecule has 4 aromatic carbocycles. The maximum Gasteiger partial charge on any atom is 0.139 e. The maximum atomic E-state index is 13.8. The summed E-state index contributed by atoms with van der Waals surface area (Å²) in [7, 11) is 0. The largest absolute Gasteiger partial charge is 0.340 e. The predicted octanol–water partition coefficient (Wildman–Crippen LogP) is 8.53. The molecule has 0 amide bonds. The van der Waals surface area contributed by atoms with Crippen molar-refractivity contribution in [3.8, 4) is 0 Å². The number of halogens is 1. The molecule has 0 aliphatic rings. The zero-order chi connectivity index (χ0) is 25.0. The zero-order valence-electron chi connectivity index (χ0n) is 20.3. The van der Waals surface area contributed by atoms with Crippen LogP contribution in [0, 0.1) is 5.82 Å². The van der Waals surface area contributed by atoms with E-state index in [0.29, 0.717) is 5.69 Å². The summed E-state index contributed by atoms with van der Waals surface area (Å²) in [4.78, 5) is 7.45. The summed E-state index contributed by atoms with van der Waals surface area (Å²) in [5.41, 5.74) is 5.41. The molecule has 0 saturated carbocycles. The molecular formula is C32H26FN3S. The number of rotatable bonds is 8. The lowest BCUT2D eigenvalue weighted by molar-refractivity contribution is 0.248. The average molecular weight is 504 g/mol. The molecule has 1 N–H and O–H groups in total. The first kappa shape index (κ1) is 23.3. The van der Waals surface area contributed by atoms with Gasteiger partial charge >= 0.3 is 0 Å². The van der Waals surface area contributed by atoms with Gasteiger partial charge in [0.2, 0.25) is 0 Å².